The number of hydrogen-bond acceptors (Lipinski definition) is 3. The Hall–Kier alpha value is -0.410. The van der Waals surface area contributed by atoms with Crippen molar-refractivity contribution in [2.75, 3.05) is 40.8 Å². The molecule has 0 aromatic rings. The van der Waals surface area contributed by atoms with Gasteiger partial charge in [-0.3, -0.25) is 4.79 Å². The number of hydrogen-bond donors (Lipinski definition) is 0. The van der Waals surface area contributed by atoms with E-state index >= 15 is 0 Å². The van der Waals surface area contributed by atoms with Crippen LogP contribution in [0.2, 0.25) is 0 Å². The van der Waals surface area contributed by atoms with Crippen molar-refractivity contribution in [3.63, 3.8) is 0 Å². The van der Waals surface area contributed by atoms with Gasteiger partial charge in [0.2, 0.25) is 0 Å². The zero-order valence-corrected chi connectivity index (χ0v) is 10.3. The Morgan fingerprint density at radius 1 is 1.20 bits per heavy atom. The van der Waals surface area contributed by atoms with E-state index in [2.05, 4.69) is 30.9 Å². The van der Waals surface area contributed by atoms with E-state index in [1.807, 2.05) is 0 Å². The molecule has 1 atom stereocenters. The van der Waals surface area contributed by atoms with Crippen molar-refractivity contribution in [3.8, 4) is 0 Å². The fourth-order valence-electron chi connectivity index (χ4n) is 2.05. The molecule has 0 aromatic carbocycles. The largest absolute Gasteiger partial charge is 0.308 e. The zero-order chi connectivity index (χ0) is 11.3. The van der Waals surface area contributed by atoms with Crippen LogP contribution in [-0.4, -0.2) is 56.4 Å². The maximum atomic E-state index is 11.4. The predicted molar refractivity (Wildman–Crippen MR) is 63.0 cm³/mol. The third kappa shape index (κ3) is 4.76. The minimum atomic E-state index is 0.367. The summed E-state index contributed by atoms with van der Waals surface area (Å²) < 4.78 is 0. The Bertz CT molecular complexity index is 204. The van der Waals surface area contributed by atoms with Crippen LogP contribution in [0.5, 0.6) is 0 Å². The minimum absolute atomic E-state index is 0.367. The van der Waals surface area contributed by atoms with Gasteiger partial charge in [0.05, 0.1) is 0 Å². The molecule has 1 saturated carbocycles. The maximum Gasteiger partial charge on any atom is 0.136 e. The van der Waals surface area contributed by atoms with E-state index in [9.17, 15) is 4.79 Å². The van der Waals surface area contributed by atoms with E-state index in [1.165, 1.54) is 0 Å². The minimum Gasteiger partial charge on any atom is -0.308 e. The molecule has 3 nitrogen and oxygen atoms in total. The van der Waals surface area contributed by atoms with E-state index in [1.54, 1.807) is 0 Å². The van der Waals surface area contributed by atoms with Gasteiger partial charge < -0.3 is 9.80 Å². The van der Waals surface area contributed by atoms with Crippen LogP contribution in [0.4, 0.5) is 0 Å². The van der Waals surface area contributed by atoms with Crippen molar-refractivity contribution in [1.82, 2.24) is 9.80 Å². The summed E-state index contributed by atoms with van der Waals surface area (Å²) in [4.78, 5) is 15.9. The topological polar surface area (TPSA) is 23.6 Å². The number of nitrogens with zero attached hydrogens (tertiary/aromatic N) is 2. The van der Waals surface area contributed by atoms with Crippen LogP contribution in [-0.2, 0) is 4.79 Å². The molecule has 1 fully saturated rings. The second-order valence-electron chi connectivity index (χ2n) is 4.95. The van der Waals surface area contributed by atoms with E-state index in [4.69, 9.17) is 0 Å². The van der Waals surface area contributed by atoms with Gasteiger partial charge in [-0.05, 0) is 47.0 Å². The highest BCUT2D eigenvalue weighted by molar-refractivity contribution is 5.82. The fraction of sp³-hybridized carbons (Fsp3) is 0.917. The van der Waals surface area contributed by atoms with Gasteiger partial charge in [-0.1, -0.05) is 0 Å². The molecule has 1 aliphatic carbocycles. The van der Waals surface area contributed by atoms with E-state index in [0.717, 1.165) is 45.3 Å². The van der Waals surface area contributed by atoms with E-state index in [0.29, 0.717) is 11.7 Å². The van der Waals surface area contributed by atoms with Crippen molar-refractivity contribution in [1.29, 1.82) is 0 Å². The number of Topliss-reactive ketones (excluding diaryl/α,β-unsaturated/α-hetero) is 1. The van der Waals surface area contributed by atoms with Crippen LogP contribution in [0.15, 0.2) is 0 Å². The zero-order valence-electron chi connectivity index (χ0n) is 10.3. The highest BCUT2D eigenvalue weighted by Crippen LogP contribution is 2.24. The number of likely N-dealkylation sites (N-methyl/N-ethyl adjacent to an activating group) is 2. The lowest BCUT2D eigenvalue weighted by molar-refractivity contribution is -0.120. The van der Waals surface area contributed by atoms with Gasteiger partial charge in [-0.25, -0.2) is 0 Å². The van der Waals surface area contributed by atoms with E-state index < -0.39 is 0 Å². The first kappa shape index (κ1) is 12.7. The molecule has 1 rings (SSSR count). The second-order valence-corrected chi connectivity index (χ2v) is 4.95. The Morgan fingerprint density at radius 2 is 1.93 bits per heavy atom. The summed E-state index contributed by atoms with van der Waals surface area (Å²) in [7, 11) is 6.32. The van der Waals surface area contributed by atoms with Gasteiger partial charge in [0.15, 0.2) is 0 Å². The molecule has 88 valence electrons. The molecule has 15 heavy (non-hydrogen) atoms. The van der Waals surface area contributed by atoms with Crippen LogP contribution >= 0.6 is 0 Å². The SMILES string of the molecule is CN(C)CCN(C)CCC1CCCC1=O. The molecular formula is C12H24N2O. The molecule has 0 aromatic heterocycles. The third-order valence-corrected chi connectivity index (χ3v) is 3.22. The molecule has 1 unspecified atom stereocenters. The first-order chi connectivity index (χ1) is 7.09. The number of rotatable bonds is 6. The first-order valence-electron chi connectivity index (χ1n) is 5.95. The Balaban J connectivity index is 2.10. The molecule has 0 N–H and O–H groups in total. The van der Waals surface area contributed by atoms with E-state index in [-0.39, 0.29) is 0 Å². The summed E-state index contributed by atoms with van der Waals surface area (Å²) in [6.45, 7) is 3.24. The van der Waals surface area contributed by atoms with Gasteiger partial charge in [0, 0.05) is 25.4 Å². The summed E-state index contributed by atoms with van der Waals surface area (Å²) in [6.07, 6.45) is 4.13. The monoisotopic (exact) mass is 212 g/mol. The average Bonchev–Trinajstić information content (AvgIpc) is 2.58. The predicted octanol–water partition coefficient (Wildman–Crippen LogP) is 1.24. The molecule has 0 bridgehead atoms. The molecule has 0 heterocycles. The second kappa shape index (κ2) is 6.23. The molecule has 3 heteroatoms. The molecule has 0 radical (unpaired) electrons. The smallest absolute Gasteiger partial charge is 0.136 e. The van der Waals surface area contributed by atoms with Gasteiger partial charge in [0.25, 0.3) is 0 Å². The number of carbonyl (C=O) groups excluding carboxylic acids is 1. The molecule has 0 aliphatic heterocycles. The Kier molecular flexibility index (Phi) is 5.26. The van der Waals surface area contributed by atoms with Gasteiger partial charge in [-0.15, -0.1) is 0 Å². The summed E-state index contributed by atoms with van der Waals surface area (Å²) in [5, 5.41) is 0. The van der Waals surface area contributed by atoms with Crippen LogP contribution in [0, 0.1) is 5.92 Å². The highest BCUT2D eigenvalue weighted by Gasteiger charge is 2.23. The summed E-state index contributed by atoms with van der Waals surface area (Å²) in [6, 6.07) is 0. The fourth-order valence-corrected chi connectivity index (χ4v) is 2.05. The summed E-state index contributed by atoms with van der Waals surface area (Å²) in [5.74, 6) is 0.864. The summed E-state index contributed by atoms with van der Waals surface area (Å²) in [5.41, 5.74) is 0. The molecular weight excluding hydrogens is 188 g/mol. The number of carbonyl (C=O) groups is 1. The molecule has 0 spiro atoms. The lowest BCUT2D eigenvalue weighted by Crippen LogP contribution is -2.30. The van der Waals surface area contributed by atoms with Crippen molar-refractivity contribution in [2.45, 2.75) is 25.7 Å². The van der Waals surface area contributed by atoms with Crippen LogP contribution in [0.25, 0.3) is 0 Å². The Morgan fingerprint density at radius 3 is 2.47 bits per heavy atom. The summed E-state index contributed by atoms with van der Waals surface area (Å²) >= 11 is 0. The van der Waals surface area contributed by atoms with Crippen molar-refractivity contribution < 1.29 is 4.79 Å². The third-order valence-electron chi connectivity index (χ3n) is 3.22. The quantitative estimate of drug-likeness (QED) is 0.662. The molecule has 0 saturated heterocycles. The molecule has 1 aliphatic rings. The lowest BCUT2D eigenvalue weighted by Gasteiger charge is -2.20. The average molecular weight is 212 g/mol. The van der Waals surface area contributed by atoms with Gasteiger partial charge >= 0.3 is 0 Å². The van der Waals surface area contributed by atoms with Crippen LogP contribution in [0.3, 0.4) is 0 Å². The van der Waals surface area contributed by atoms with Crippen LogP contribution in [0.1, 0.15) is 25.7 Å². The Labute approximate surface area is 93.4 Å². The van der Waals surface area contributed by atoms with Crippen molar-refractivity contribution in [2.24, 2.45) is 5.92 Å². The van der Waals surface area contributed by atoms with Crippen molar-refractivity contribution >= 4 is 5.78 Å². The highest BCUT2D eigenvalue weighted by atomic mass is 16.1. The van der Waals surface area contributed by atoms with Gasteiger partial charge in [0.1, 0.15) is 5.78 Å². The normalized spacial score (nSPS) is 21.9. The first-order valence-corrected chi connectivity index (χ1v) is 5.95. The van der Waals surface area contributed by atoms with Crippen LogP contribution < -0.4 is 0 Å². The maximum absolute atomic E-state index is 11.4. The number of ketones is 1. The lowest BCUT2D eigenvalue weighted by atomic mass is 10.0. The standard InChI is InChI=1S/C12H24N2O/c1-13(2)9-10-14(3)8-7-11-5-4-6-12(11)15/h11H,4-10H2,1-3H3. The molecule has 0 amide bonds. The van der Waals surface area contributed by atoms with Gasteiger partial charge in [-0.2, -0.15) is 0 Å². The van der Waals surface area contributed by atoms with Crippen molar-refractivity contribution in [3.05, 3.63) is 0 Å².